The van der Waals surface area contributed by atoms with Crippen LogP contribution in [0.3, 0.4) is 0 Å². The van der Waals surface area contributed by atoms with Gasteiger partial charge in [0.05, 0.1) is 32.6 Å². The highest BCUT2D eigenvalue weighted by molar-refractivity contribution is 7.10. The number of anilines is 2. The number of carbonyl (C=O) groups excluding carboxylic acids is 1. The van der Waals surface area contributed by atoms with Crippen molar-refractivity contribution in [2.24, 2.45) is 0 Å². The van der Waals surface area contributed by atoms with Crippen LogP contribution >= 0.6 is 11.3 Å². The largest absolute Gasteiger partial charge is 0.495 e. The van der Waals surface area contributed by atoms with Crippen LogP contribution in [0.1, 0.15) is 23.4 Å². The Morgan fingerprint density at radius 3 is 2.46 bits per heavy atom. The molecule has 0 radical (unpaired) electrons. The van der Waals surface area contributed by atoms with Crippen molar-refractivity contribution in [1.82, 2.24) is 14.8 Å². The minimum Gasteiger partial charge on any atom is -0.495 e. The number of thiophene rings is 1. The second kappa shape index (κ2) is 9.98. The molecule has 9 nitrogen and oxygen atoms in total. The summed E-state index contributed by atoms with van der Waals surface area (Å²) in [6, 6.07) is 14.4. The minimum atomic E-state index is -0.465. The molecule has 0 fully saturated rings. The highest BCUT2D eigenvalue weighted by Crippen LogP contribution is 2.41. The third kappa shape index (κ3) is 4.40. The Balaban J connectivity index is 1.59. The van der Waals surface area contributed by atoms with Gasteiger partial charge in [0.1, 0.15) is 11.8 Å². The summed E-state index contributed by atoms with van der Waals surface area (Å²) in [4.78, 5) is 19.5. The van der Waals surface area contributed by atoms with E-state index in [1.807, 2.05) is 67.8 Å². The fourth-order valence-electron chi connectivity index (χ4n) is 4.39. The van der Waals surface area contributed by atoms with Crippen LogP contribution in [-0.4, -0.2) is 42.0 Å². The molecule has 4 aromatic rings. The van der Waals surface area contributed by atoms with E-state index in [4.69, 9.17) is 24.3 Å². The smallest absolute Gasteiger partial charge is 0.256 e. The first kappa shape index (κ1) is 24.4. The zero-order valence-electron chi connectivity index (χ0n) is 21.2. The summed E-state index contributed by atoms with van der Waals surface area (Å²) in [6.45, 7) is 3.91. The maximum absolute atomic E-state index is 13.8. The minimum absolute atomic E-state index is 0.249. The van der Waals surface area contributed by atoms with Crippen LogP contribution in [0.4, 0.5) is 11.6 Å². The Hall–Kier alpha value is -4.31. The molecular formula is C27H27N5O4S. The van der Waals surface area contributed by atoms with E-state index < -0.39 is 6.04 Å². The number of methoxy groups -OCH3 is 3. The number of hydrogen-bond donors (Lipinski definition) is 2. The molecule has 0 aliphatic carbocycles. The molecule has 0 saturated carbocycles. The van der Waals surface area contributed by atoms with E-state index in [1.54, 1.807) is 37.3 Å². The van der Waals surface area contributed by atoms with Crippen LogP contribution in [0.15, 0.2) is 65.2 Å². The fourth-order valence-corrected chi connectivity index (χ4v) is 5.41. The number of fused-ring (bicyclic) bond motifs is 1. The van der Waals surface area contributed by atoms with Gasteiger partial charge in [0.2, 0.25) is 5.95 Å². The molecule has 1 aliphatic rings. The molecule has 3 heterocycles. The van der Waals surface area contributed by atoms with E-state index in [2.05, 4.69) is 10.6 Å². The average Bonchev–Trinajstić information content (AvgIpc) is 3.53. The lowest BCUT2D eigenvalue weighted by atomic mass is 9.98. The highest BCUT2D eigenvalue weighted by Gasteiger charge is 2.36. The molecule has 10 heteroatoms. The number of rotatable bonds is 7. The zero-order chi connectivity index (χ0) is 26.1. The number of para-hydroxylation sites is 2. The molecule has 5 rings (SSSR count). The Kier molecular flexibility index (Phi) is 6.58. The summed E-state index contributed by atoms with van der Waals surface area (Å²) in [7, 11) is 4.76. The van der Waals surface area contributed by atoms with E-state index in [1.165, 1.54) is 0 Å². The summed E-state index contributed by atoms with van der Waals surface area (Å²) >= 11 is 1.58. The molecule has 1 unspecified atom stereocenters. The van der Waals surface area contributed by atoms with Gasteiger partial charge in [-0.25, -0.2) is 4.68 Å². The predicted molar refractivity (Wildman–Crippen MR) is 144 cm³/mol. The lowest BCUT2D eigenvalue weighted by Gasteiger charge is -2.28. The summed E-state index contributed by atoms with van der Waals surface area (Å²) in [6.07, 6.45) is 0. The SMILES string of the molecule is COc1ccccc1NC(=O)C1=C(C)Nc2nc(-c3ccc(OC)c(OC)c3)nn2C1c1sccc1C. The number of aryl methyl sites for hydroxylation is 1. The molecule has 0 bridgehead atoms. The van der Waals surface area contributed by atoms with E-state index in [9.17, 15) is 4.79 Å². The van der Waals surface area contributed by atoms with Crippen molar-refractivity contribution in [1.29, 1.82) is 0 Å². The van der Waals surface area contributed by atoms with Crippen molar-refractivity contribution >= 4 is 28.9 Å². The number of amides is 1. The highest BCUT2D eigenvalue weighted by atomic mass is 32.1. The zero-order valence-corrected chi connectivity index (χ0v) is 22.0. The molecule has 0 saturated heterocycles. The Morgan fingerprint density at radius 2 is 1.76 bits per heavy atom. The van der Waals surface area contributed by atoms with Gasteiger partial charge in [0, 0.05) is 16.1 Å². The third-order valence-electron chi connectivity index (χ3n) is 6.24. The van der Waals surface area contributed by atoms with E-state index in [-0.39, 0.29) is 5.91 Å². The number of hydrogen-bond acceptors (Lipinski definition) is 8. The third-order valence-corrected chi connectivity index (χ3v) is 7.32. The van der Waals surface area contributed by atoms with Crippen molar-refractivity contribution < 1.29 is 19.0 Å². The number of aromatic nitrogens is 3. The van der Waals surface area contributed by atoms with Gasteiger partial charge in [0.15, 0.2) is 17.3 Å². The molecule has 37 heavy (non-hydrogen) atoms. The van der Waals surface area contributed by atoms with E-state index in [0.717, 1.165) is 16.0 Å². The topological polar surface area (TPSA) is 99.5 Å². The first-order valence-corrected chi connectivity index (χ1v) is 12.5. The van der Waals surface area contributed by atoms with Crippen molar-refractivity contribution in [3.8, 4) is 28.6 Å². The Labute approximate surface area is 218 Å². The first-order chi connectivity index (χ1) is 17.9. The van der Waals surface area contributed by atoms with Crippen LogP contribution in [-0.2, 0) is 4.79 Å². The lowest BCUT2D eigenvalue weighted by Crippen LogP contribution is -2.31. The summed E-state index contributed by atoms with van der Waals surface area (Å²) in [5.41, 5.74) is 3.67. The van der Waals surface area contributed by atoms with Crippen molar-refractivity contribution in [3.05, 3.63) is 75.6 Å². The van der Waals surface area contributed by atoms with Gasteiger partial charge in [-0.15, -0.1) is 16.4 Å². The first-order valence-electron chi connectivity index (χ1n) is 11.6. The van der Waals surface area contributed by atoms with Gasteiger partial charge in [-0.05, 0) is 61.2 Å². The van der Waals surface area contributed by atoms with Gasteiger partial charge < -0.3 is 24.8 Å². The number of allylic oxidation sites excluding steroid dienone is 1. The molecule has 2 N–H and O–H groups in total. The Morgan fingerprint density at radius 1 is 1.00 bits per heavy atom. The van der Waals surface area contributed by atoms with E-state index in [0.29, 0.717) is 46.0 Å². The number of nitrogens with one attached hydrogen (secondary N) is 2. The van der Waals surface area contributed by atoms with Crippen LogP contribution in [0, 0.1) is 6.92 Å². The molecular weight excluding hydrogens is 490 g/mol. The van der Waals surface area contributed by atoms with Crippen LogP contribution in [0.25, 0.3) is 11.4 Å². The molecule has 1 aliphatic heterocycles. The summed E-state index contributed by atoms with van der Waals surface area (Å²) in [5, 5.41) is 13.2. The molecule has 1 atom stereocenters. The van der Waals surface area contributed by atoms with Gasteiger partial charge in [-0.3, -0.25) is 4.79 Å². The molecule has 0 spiro atoms. The molecule has 1 amide bonds. The Bertz CT molecular complexity index is 1510. The van der Waals surface area contributed by atoms with Crippen LogP contribution in [0.2, 0.25) is 0 Å². The van der Waals surface area contributed by atoms with Crippen molar-refractivity contribution in [3.63, 3.8) is 0 Å². The lowest BCUT2D eigenvalue weighted by molar-refractivity contribution is -0.113. The van der Waals surface area contributed by atoms with Gasteiger partial charge >= 0.3 is 0 Å². The van der Waals surface area contributed by atoms with Crippen molar-refractivity contribution in [2.45, 2.75) is 19.9 Å². The standard InChI is InChI=1S/C27H27N5O4S/c1-15-12-13-37-24(15)23-22(26(33)29-18-8-6-7-9-19(18)34-3)16(2)28-27-30-25(31-32(23)27)17-10-11-20(35-4)21(14-17)36-5/h6-14,23H,1-5H3,(H,29,33)(H,28,30,31). The van der Waals surface area contributed by atoms with Gasteiger partial charge in [0.25, 0.3) is 5.91 Å². The molecule has 190 valence electrons. The van der Waals surface area contributed by atoms with Gasteiger partial charge in [-0.1, -0.05) is 12.1 Å². The van der Waals surface area contributed by atoms with E-state index >= 15 is 0 Å². The predicted octanol–water partition coefficient (Wildman–Crippen LogP) is 5.27. The second-order valence-corrected chi connectivity index (χ2v) is 9.41. The summed E-state index contributed by atoms with van der Waals surface area (Å²) < 4.78 is 18.0. The second-order valence-electron chi connectivity index (χ2n) is 8.46. The van der Waals surface area contributed by atoms with Gasteiger partial charge in [-0.2, -0.15) is 4.98 Å². The van der Waals surface area contributed by atoms with Crippen molar-refractivity contribution in [2.75, 3.05) is 32.0 Å². The quantitative estimate of drug-likeness (QED) is 0.345. The number of nitrogens with zero attached hydrogens (tertiary/aromatic N) is 3. The molecule has 2 aromatic carbocycles. The van der Waals surface area contributed by atoms with Crippen LogP contribution < -0.4 is 24.8 Å². The number of carbonyl (C=O) groups is 1. The molecule has 2 aromatic heterocycles. The normalized spacial score (nSPS) is 14.6. The fraction of sp³-hybridized carbons (Fsp3) is 0.222. The number of benzene rings is 2. The van der Waals surface area contributed by atoms with Crippen LogP contribution in [0.5, 0.6) is 17.2 Å². The maximum Gasteiger partial charge on any atom is 0.256 e. The average molecular weight is 518 g/mol. The monoisotopic (exact) mass is 517 g/mol. The summed E-state index contributed by atoms with van der Waals surface area (Å²) in [5.74, 6) is 2.58. The number of ether oxygens (including phenoxy) is 3. The maximum atomic E-state index is 13.8.